The highest BCUT2D eigenvalue weighted by molar-refractivity contribution is 5.18. The van der Waals surface area contributed by atoms with E-state index >= 15 is 0 Å². The molecule has 0 spiro atoms. The van der Waals surface area contributed by atoms with Crippen LogP contribution in [0.3, 0.4) is 0 Å². The quantitative estimate of drug-likeness (QED) is 0.561. The van der Waals surface area contributed by atoms with Crippen LogP contribution in [0.5, 0.6) is 0 Å². The molecule has 4 heteroatoms. The maximum absolute atomic E-state index is 11.9. The number of halogens is 3. The molecule has 0 atom stereocenters. The molecule has 57 valence electrons. The molecule has 0 aliphatic rings. The molecule has 0 unspecified atom stereocenters. The average molecular weight is 158 g/mol. The first-order valence-electron chi connectivity index (χ1n) is 2.76. The zero-order valence-corrected chi connectivity index (χ0v) is 5.58. The minimum atomic E-state index is -4.39. The summed E-state index contributed by atoms with van der Waals surface area (Å²) in [5, 5.41) is 0. The van der Waals surface area contributed by atoms with Gasteiger partial charge in [0.05, 0.1) is 17.5 Å². The SMILES string of the molecule is Cc1n[c][c][c]c1C(F)(F)F. The fourth-order valence-electron chi connectivity index (χ4n) is 0.625. The second-order valence-electron chi connectivity index (χ2n) is 1.93. The highest BCUT2D eigenvalue weighted by atomic mass is 19.4. The van der Waals surface area contributed by atoms with Gasteiger partial charge in [-0.2, -0.15) is 13.2 Å². The van der Waals surface area contributed by atoms with Gasteiger partial charge < -0.3 is 0 Å². The lowest BCUT2D eigenvalue weighted by molar-refractivity contribution is -0.138. The van der Waals surface area contributed by atoms with Gasteiger partial charge >= 0.3 is 6.18 Å². The Morgan fingerprint density at radius 2 is 2.00 bits per heavy atom. The maximum atomic E-state index is 11.9. The van der Waals surface area contributed by atoms with E-state index in [0.29, 0.717) is 0 Å². The molecule has 0 aromatic carbocycles. The Bertz CT molecular complexity index is 254. The van der Waals surface area contributed by atoms with E-state index in [9.17, 15) is 13.2 Å². The van der Waals surface area contributed by atoms with Gasteiger partial charge in [0.2, 0.25) is 0 Å². The van der Waals surface area contributed by atoms with Gasteiger partial charge in [-0.1, -0.05) is 0 Å². The van der Waals surface area contributed by atoms with E-state index in [1.807, 2.05) is 12.1 Å². The van der Waals surface area contributed by atoms with Gasteiger partial charge in [0.1, 0.15) is 0 Å². The van der Waals surface area contributed by atoms with E-state index in [1.54, 1.807) is 0 Å². The molecule has 0 saturated heterocycles. The topological polar surface area (TPSA) is 12.9 Å². The lowest BCUT2D eigenvalue weighted by Crippen LogP contribution is -2.08. The third-order valence-corrected chi connectivity index (χ3v) is 1.11. The Kier molecular flexibility index (Phi) is 1.85. The molecule has 0 saturated carbocycles. The Morgan fingerprint density at radius 1 is 1.36 bits per heavy atom. The summed E-state index contributed by atoms with van der Waals surface area (Å²) in [6, 6.07) is 3.94. The predicted molar refractivity (Wildman–Crippen MR) is 30.5 cm³/mol. The molecular formula is C7H3F3N. The molecule has 1 heterocycles. The highest BCUT2D eigenvalue weighted by Gasteiger charge is 2.32. The number of aromatic nitrogens is 1. The van der Waals surface area contributed by atoms with E-state index in [1.165, 1.54) is 6.92 Å². The smallest absolute Gasteiger partial charge is 0.250 e. The summed E-state index contributed by atoms with van der Waals surface area (Å²) >= 11 is 0. The lowest BCUT2D eigenvalue weighted by atomic mass is 10.2. The second kappa shape index (κ2) is 2.53. The Labute approximate surface area is 61.9 Å². The van der Waals surface area contributed by atoms with Crippen LogP contribution in [0.4, 0.5) is 13.2 Å². The van der Waals surface area contributed by atoms with Crippen molar-refractivity contribution in [2.24, 2.45) is 0 Å². The largest absolute Gasteiger partial charge is 0.418 e. The first-order chi connectivity index (χ1) is 5.02. The standard InChI is InChI=1S/C7H3F3N/c1-5-6(7(8,9)10)3-2-4-11-5/h1H3. The van der Waals surface area contributed by atoms with Crippen LogP contribution in [0.2, 0.25) is 0 Å². The zero-order valence-electron chi connectivity index (χ0n) is 5.58. The molecular weight excluding hydrogens is 155 g/mol. The van der Waals surface area contributed by atoms with Gasteiger partial charge in [0, 0.05) is 12.1 Å². The van der Waals surface area contributed by atoms with E-state index < -0.39 is 11.7 Å². The molecule has 1 nitrogen and oxygen atoms in total. The van der Waals surface area contributed by atoms with Crippen molar-refractivity contribution >= 4 is 0 Å². The van der Waals surface area contributed by atoms with E-state index in [0.717, 1.165) is 0 Å². The minimum absolute atomic E-state index is 0.128. The van der Waals surface area contributed by atoms with Crippen molar-refractivity contribution in [2.45, 2.75) is 13.1 Å². The monoisotopic (exact) mass is 158 g/mol. The number of rotatable bonds is 0. The van der Waals surface area contributed by atoms with E-state index in [2.05, 4.69) is 11.2 Å². The van der Waals surface area contributed by atoms with Gasteiger partial charge in [0.25, 0.3) is 0 Å². The molecule has 0 bridgehead atoms. The van der Waals surface area contributed by atoms with Gasteiger partial charge in [0.15, 0.2) is 0 Å². The first-order valence-corrected chi connectivity index (χ1v) is 2.76. The van der Waals surface area contributed by atoms with Crippen LogP contribution in [-0.2, 0) is 6.18 Å². The van der Waals surface area contributed by atoms with Crippen LogP contribution >= 0.6 is 0 Å². The molecule has 11 heavy (non-hydrogen) atoms. The number of nitrogens with zero attached hydrogens (tertiary/aromatic N) is 1. The van der Waals surface area contributed by atoms with Crippen molar-refractivity contribution in [3.05, 3.63) is 29.6 Å². The van der Waals surface area contributed by atoms with Crippen LogP contribution in [0.1, 0.15) is 11.3 Å². The van der Waals surface area contributed by atoms with Crippen molar-refractivity contribution in [3.63, 3.8) is 0 Å². The van der Waals surface area contributed by atoms with Crippen molar-refractivity contribution in [3.8, 4) is 0 Å². The second-order valence-corrected chi connectivity index (χ2v) is 1.93. The third-order valence-electron chi connectivity index (χ3n) is 1.11. The molecule has 0 aliphatic heterocycles. The summed E-state index contributed by atoms with van der Waals surface area (Å²) in [5.74, 6) is 0. The highest BCUT2D eigenvalue weighted by Crippen LogP contribution is 2.29. The fraction of sp³-hybridized carbons (Fsp3) is 0.286. The van der Waals surface area contributed by atoms with Crippen LogP contribution in [0, 0.1) is 25.3 Å². The summed E-state index contributed by atoms with van der Waals surface area (Å²) in [5.41, 5.74) is -1.01. The fourth-order valence-corrected chi connectivity index (χ4v) is 0.625. The number of alkyl halides is 3. The lowest BCUT2D eigenvalue weighted by Gasteiger charge is -2.06. The molecule has 1 rings (SSSR count). The predicted octanol–water partition coefficient (Wildman–Crippen LogP) is 1.81. The third kappa shape index (κ3) is 1.69. The number of pyridine rings is 1. The van der Waals surface area contributed by atoms with Crippen LogP contribution in [0.15, 0.2) is 0 Å². The molecule has 0 fully saturated rings. The van der Waals surface area contributed by atoms with Crippen molar-refractivity contribution in [2.75, 3.05) is 0 Å². The summed E-state index contributed by atoms with van der Waals surface area (Å²) in [4.78, 5) is 3.31. The molecule has 0 aliphatic carbocycles. The van der Waals surface area contributed by atoms with Crippen molar-refractivity contribution < 1.29 is 13.2 Å². The Balaban J connectivity index is 3.14. The molecule has 1 aromatic rings. The normalized spacial score (nSPS) is 11.6. The zero-order chi connectivity index (χ0) is 8.48. The summed E-state index contributed by atoms with van der Waals surface area (Å²) < 4.78 is 35.8. The van der Waals surface area contributed by atoms with Crippen LogP contribution in [0.25, 0.3) is 0 Å². The van der Waals surface area contributed by atoms with Crippen molar-refractivity contribution in [1.82, 2.24) is 4.98 Å². The van der Waals surface area contributed by atoms with E-state index in [-0.39, 0.29) is 5.69 Å². The molecule has 3 radical (unpaired) electrons. The van der Waals surface area contributed by atoms with Crippen LogP contribution < -0.4 is 0 Å². The Hall–Kier alpha value is -1.06. The number of aryl methyl sites for hydroxylation is 1. The minimum Gasteiger partial charge on any atom is -0.250 e. The Morgan fingerprint density at radius 3 is 2.36 bits per heavy atom. The van der Waals surface area contributed by atoms with E-state index in [4.69, 9.17) is 0 Å². The van der Waals surface area contributed by atoms with Gasteiger partial charge in [-0.05, 0) is 6.92 Å². The van der Waals surface area contributed by atoms with Crippen LogP contribution in [-0.4, -0.2) is 4.98 Å². The first kappa shape index (κ1) is 8.04. The maximum Gasteiger partial charge on any atom is 0.418 e. The van der Waals surface area contributed by atoms with Gasteiger partial charge in [-0.15, -0.1) is 0 Å². The summed E-state index contributed by atoms with van der Waals surface area (Å²) in [6.07, 6.45) is -2.24. The molecule has 1 aromatic heterocycles. The summed E-state index contributed by atoms with van der Waals surface area (Å²) in [7, 11) is 0. The summed E-state index contributed by atoms with van der Waals surface area (Å²) in [6.45, 7) is 1.25. The van der Waals surface area contributed by atoms with Gasteiger partial charge in [-0.3, -0.25) is 4.98 Å². The van der Waals surface area contributed by atoms with Crippen molar-refractivity contribution in [1.29, 1.82) is 0 Å². The molecule has 0 N–H and O–H groups in total. The van der Waals surface area contributed by atoms with Gasteiger partial charge in [-0.25, -0.2) is 0 Å². The number of hydrogen-bond acceptors (Lipinski definition) is 1. The number of hydrogen-bond donors (Lipinski definition) is 0. The average Bonchev–Trinajstić information content (AvgIpc) is 1.86. The molecule has 0 amide bonds.